The molecule has 9 heteroatoms. The van der Waals surface area contributed by atoms with E-state index in [1.807, 2.05) is 51.1 Å². The van der Waals surface area contributed by atoms with Gasteiger partial charge in [0.15, 0.2) is 6.61 Å². The average molecular weight is 457 g/mol. The minimum Gasteiger partial charge on any atom is -0.496 e. The third-order valence-corrected chi connectivity index (χ3v) is 4.95. The number of methoxy groups -OCH3 is 1. The van der Waals surface area contributed by atoms with E-state index in [0.29, 0.717) is 5.82 Å². The third kappa shape index (κ3) is 5.20. The number of rotatable bonds is 6. The van der Waals surface area contributed by atoms with Gasteiger partial charge in [-0.3, -0.25) is 4.79 Å². The van der Waals surface area contributed by atoms with E-state index in [-0.39, 0.29) is 27.4 Å². The third-order valence-electron chi connectivity index (χ3n) is 4.62. The molecule has 0 saturated carbocycles. The highest BCUT2D eigenvalue weighted by molar-refractivity contribution is 6.33. The van der Waals surface area contributed by atoms with Crippen molar-refractivity contribution in [3.63, 3.8) is 0 Å². The number of amides is 1. The van der Waals surface area contributed by atoms with Gasteiger partial charge in [-0.05, 0) is 18.2 Å². The van der Waals surface area contributed by atoms with Crippen LogP contribution in [0.3, 0.4) is 0 Å². The fraction of sp³-hybridized carbons (Fsp3) is 0.261. The molecule has 0 atom stereocenters. The van der Waals surface area contributed by atoms with Crippen molar-refractivity contribution in [3.8, 4) is 11.4 Å². The Morgan fingerprint density at radius 3 is 2.47 bits per heavy atom. The van der Waals surface area contributed by atoms with E-state index in [0.717, 1.165) is 11.4 Å². The highest BCUT2D eigenvalue weighted by atomic mass is 35.5. The van der Waals surface area contributed by atoms with Gasteiger partial charge in [0.25, 0.3) is 5.91 Å². The molecule has 0 unspecified atom stereocenters. The molecule has 1 heterocycles. The quantitative estimate of drug-likeness (QED) is 0.425. The number of nitrogen functional groups attached to an aromatic ring is 1. The lowest BCUT2D eigenvalue weighted by Gasteiger charge is -2.14. The second kappa shape index (κ2) is 9.32. The Morgan fingerprint density at radius 1 is 1.16 bits per heavy atom. The molecule has 3 N–H and O–H groups in total. The Bertz CT molecular complexity index is 1140. The summed E-state index contributed by atoms with van der Waals surface area (Å²) in [4.78, 5) is 25.0. The van der Waals surface area contributed by atoms with Gasteiger partial charge in [0.05, 0.1) is 29.2 Å². The molecule has 0 aliphatic carbocycles. The van der Waals surface area contributed by atoms with Gasteiger partial charge in [0.2, 0.25) is 0 Å². The smallest absolute Gasteiger partial charge is 0.342 e. The van der Waals surface area contributed by atoms with E-state index in [1.54, 1.807) is 10.7 Å². The van der Waals surface area contributed by atoms with Gasteiger partial charge in [-0.15, -0.1) is 0 Å². The summed E-state index contributed by atoms with van der Waals surface area (Å²) < 4.78 is 12.0. The molecule has 1 aromatic heterocycles. The first-order chi connectivity index (χ1) is 15.1. The number of carbonyl (C=O) groups is 2. The summed E-state index contributed by atoms with van der Waals surface area (Å²) in [6.07, 6.45) is 0. The summed E-state index contributed by atoms with van der Waals surface area (Å²) in [5, 5.41) is 7.59. The largest absolute Gasteiger partial charge is 0.496 e. The van der Waals surface area contributed by atoms with Crippen LogP contribution in [0.2, 0.25) is 5.02 Å². The van der Waals surface area contributed by atoms with Crippen molar-refractivity contribution in [2.75, 3.05) is 24.8 Å². The van der Waals surface area contributed by atoms with Crippen LogP contribution in [0.25, 0.3) is 5.69 Å². The number of aromatic nitrogens is 2. The number of anilines is 2. The van der Waals surface area contributed by atoms with Crippen molar-refractivity contribution < 1.29 is 19.1 Å². The molecule has 0 radical (unpaired) electrons. The molecule has 3 aromatic rings. The number of para-hydroxylation sites is 1. The summed E-state index contributed by atoms with van der Waals surface area (Å²) in [6, 6.07) is 14.0. The zero-order valence-electron chi connectivity index (χ0n) is 18.3. The van der Waals surface area contributed by atoms with Crippen molar-refractivity contribution in [2.24, 2.45) is 0 Å². The molecule has 3 rings (SSSR count). The fourth-order valence-corrected chi connectivity index (χ4v) is 3.05. The molecule has 0 bridgehead atoms. The van der Waals surface area contributed by atoms with Gasteiger partial charge < -0.3 is 20.5 Å². The lowest BCUT2D eigenvalue weighted by atomic mass is 9.92. The van der Waals surface area contributed by atoms with E-state index >= 15 is 0 Å². The fourth-order valence-electron chi connectivity index (χ4n) is 2.89. The second-order valence-corrected chi connectivity index (χ2v) is 8.52. The molecule has 0 spiro atoms. The molecular weight excluding hydrogens is 432 g/mol. The molecule has 0 aliphatic heterocycles. The molecule has 1 amide bonds. The molecule has 168 valence electrons. The Balaban J connectivity index is 1.76. The number of hydrogen-bond donors (Lipinski definition) is 2. The van der Waals surface area contributed by atoms with Gasteiger partial charge >= 0.3 is 5.97 Å². The van der Waals surface area contributed by atoms with Crippen LogP contribution in [0.15, 0.2) is 48.5 Å². The van der Waals surface area contributed by atoms with Crippen LogP contribution in [-0.4, -0.2) is 35.4 Å². The zero-order chi connectivity index (χ0) is 23.5. The van der Waals surface area contributed by atoms with Crippen molar-refractivity contribution >= 4 is 35.0 Å². The molecule has 8 nitrogen and oxygen atoms in total. The minimum absolute atomic E-state index is 0.0730. The minimum atomic E-state index is -0.758. The average Bonchev–Trinajstić information content (AvgIpc) is 3.18. The standard InChI is InChI=1S/C23H25ClN4O4/c1-23(2,3)19-12-20(28(27-19)14-8-6-5-7-9-14)26-21(29)13-32-22(30)15-10-16(24)17(25)11-18(15)31-4/h5-12H,13,25H2,1-4H3,(H,26,29). The van der Waals surface area contributed by atoms with Crippen LogP contribution in [0.1, 0.15) is 36.8 Å². The predicted octanol–water partition coefficient (Wildman–Crippen LogP) is 4.21. The topological polar surface area (TPSA) is 108 Å². The first-order valence-corrected chi connectivity index (χ1v) is 10.2. The van der Waals surface area contributed by atoms with E-state index in [1.165, 1.54) is 19.2 Å². The summed E-state index contributed by atoms with van der Waals surface area (Å²) in [5.41, 5.74) is 7.43. The van der Waals surface area contributed by atoms with E-state index < -0.39 is 18.5 Å². The zero-order valence-corrected chi connectivity index (χ0v) is 19.1. The maximum atomic E-state index is 12.6. The van der Waals surface area contributed by atoms with Gasteiger partial charge in [0.1, 0.15) is 17.1 Å². The molecule has 32 heavy (non-hydrogen) atoms. The summed E-state index contributed by atoms with van der Waals surface area (Å²) in [6.45, 7) is 5.59. The van der Waals surface area contributed by atoms with E-state index in [2.05, 4.69) is 10.4 Å². The second-order valence-electron chi connectivity index (χ2n) is 8.11. The van der Waals surface area contributed by atoms with Gasteiger partial charge in [-0.1, -0.05) is 50.6 Å². The van der Waals surface area contributed by atoms with Crippen LogP contribution in [0.5, 0.6) is 5.75 Å². The number of hydrogen-bond acceptors (Lipinski definition) is 6. The van der Waals surface area contributed by atoms with Crippen molar-refractivity contribution in [1.29, 1.82) is 0 Å². The Hall–Kier alpha value is -3.52. The van der Waals surface area contributed by atoms with Crippen LogP contribution in [0, 0.1) is 0 Å². The number of nitrogens with two attached hydrogens (primary N) is 1. The predicted molar refractivity (Wildman–Crippen MR) is 124 cm³/mol. The monoisotopic (exact) mass is 456 g/mol. The highest BCUT2D eigenvalue weighted by Crippen LogP contribution is 2.29. The van der Waals surface area contributed by atoms with Gasteiger partial charge in [-0.2, -0.15) is 5.10 Å². The number of benzene rings is 2. The lowest BCUT2D eigenvalue weighted by Crippen LogP contribution is -2.22. The van der Waals surface area contributed by atoms with Gasteiger partial charge in [-0.25, -0.2) is 9.48 Å². The Morgan fingerprint density at radius 2 is 1.84 bits per heavy atom. The molecule has 0 fully saturated rings. The van der Waals surface area contributed by atoms with Crippen LogP contribution in [-0.2, 0) is 14.9 Å². The Kier molecular flexibility index (Phi) is 6.74. The normalized spacial score (nSPS) is 11.2. The highest BCUT2D eigenvalue weighted by Gasteiger charge is 2.22. The number of esters is 1. The van der Waals surface area contributed by atoms with Crippen molar-refractivity contribution in [3.05, 3.63) is 64.8 Å². The maximum absolute atomic E-state index is 12.6. The number of halogens is 1. The van der Waals surface area contributed by atoms with Crippen LogP contribution < -0.4 is 15.8 Å². The van der Waals surface area contributed by atoms with Crippen LogP contribution in [0.4, 0.5) is 11.5 Å². The van der Waals surface area contributed by atoms with E-state index in [4.69, 9.17) is 26.8 Å². The first-order valence-electron chi connectivity index (χ1n) is 9.86. The molecular formula is C23H25ClN4O4. The number of carbonyl (C=O) groups excluding carboxylic acids is 2. The summed E-state index contributed by atoms with van der Waals surface area (Å²) in [7, 11) is 1.39. The lowest BCUT2D eigenvalue weighted by molar-refractivity contribution is -0.119. The van der Waals surface area contributed by atoms with Crippen molar-refractivity contribution in [1.82, 2.24) is 9.78 Å². The van der Waals surface area contributed by atoms with Gasteiger partial charge in [0, 0.05) is 17.5 Å². The SMILES string of the molecule is COc1cc(N)c(Cl)cc1C(=O)OCC(=O)Nc1cc(C(C)(C)C)nn1-c1ccccc1. The number of ether oxygens (including phenoxy) is 2. The number of nitrogens with one attached hydrogen (secondary N) is 1. The summed E-state index contributed by atoms with van der Waals surface area (Å²) in [5.74, 6) is -0.605. The molecule has 0 aliphatic rings. The Labute approximate surface area is 191 Å². The number of nitrogens with zero attached hydrogens (tertiary/aromatic N) is 2. The molecule has 2 aromatic carbocycles. The van der Waals surface area contributed by atoms with E-state index in [9.17, 15) is 9.59 Å². The van der Waals surface area contributed by atoms with Crippen molar-refractivity contribution in [2.45, 2.75) is 26.2 Å². The molecule has 0 saturated heterocycles. The maximum Gasteiger partial charge on any atom is 0.342 e. The van der Waals surface area contributed by atoms with Crippen LogP contribution >= 0.6 is 11.6 Å². The summed E-state index contributed by atoms with van der Waals surface area (Å²) >= 11 is 5.99. The first kappa shape index (κ1) is 23.1.